The molecule has 2 rings (SSSR count). The predicted molar refractivity (Wildman–Crippen MR) is 54.8 cm³/mol. The highest BCUT2D eigenvalue weighted by Gasteiger charge is 2.01. The first-order valence-electron chi connectivity index (χ1n) is 3.82. The summed E-state index contributed by atoms with van der Waals surface area (Å²) < 4.78 is 0.868. The molecule has 0 aliphatic rings. The maximum absolute atomic E-state index is 11.0. The molecule has 3 nitrogen and oxygen atoms in total. The van der Waals surface area contributed by atoms with Crippen molar-refractivity contribution in [2.75, 3.05) is 0 Å². The molecule has 0 fully saturated rings. The smallest absolute Gasteiger partial charge is 0.266 e. The van der Waals surface area contributed by atoms with E-state index in [9.17, 15) is 4.79 Å². The molecule has 0 radical (unpaired) electrons. The van der Waals surface area contributed by atoms with Gasteiger partial charge in [-0.05, 0) is 40.5 Å². The number of H-pyrrole nitrogens is 1. The fraction of sp³-hybridized carbons (Fsp3) is 0.111. The Balaban J connectivity index is 2.95. The number of hydrogen-bond acceptors (Lipinski definition) is 2. The fourth-order valence-electron chi connectivity index (χ4n) is 1.23. The maximum atomic E-state index is 11.0. The van der Waals surface area contributed by atoms with E-state index in [0.717, 1.165) is 21.1 Å². The van der Waals surface area contributed by atoms with Gasteiger partial charge in [-0.3, -0.25) is 4.79 Å². The van der Waals surface area contributed by atoms with Gasteiger partial charge in [-0.25, -0.2) is 4.98 Å². The average molecular weight is 239 g/mol. The quantitative estimate of drug-likeness (QED) is 0.764. The van der Waals surface area contributed by atoms with E-state index in [0.29, 0.717) is 0 Å². The number of fused-ring (bicyclic) bond motifs is 1. The molecule has 0 bridgehead atoms. The third-order valence-corrected chi connectivity index (χ3v) is 2.41. The molecule has 0 aliphatic heterocycles. The van der Waals surface area contributed by atoms with Gasteiger partial charge in [-0.1, -0.05) is 0 Å². The highest BCUT2D eigenvalue weighted by Crippen LogP contribution is 2.20. The number of nitrogens with zero attached hydrogens (tertiary/aromatic N) is 1. The van der Waals surface area contributed by atoms with Crippen molar-refractivity contribution < 1.29 is 0 Å². The van der Waals surface area contributed by atoms with Gasteiger partial charge in [0, 0.05) is 4.47 Å². The standard InChI is InChI=1S/C9H7BrN2O/c1-5-2-6(10)9-7(3-5)11-4-8(13)12-9/h2-4H,1H3,(H,12,13). The third kappa shape index (κ3) is 1.49. The van der Waals surface area contributed by atoms with Gasteiger partial charge < -0.3 is 4.98 Å². The molecule has 13 heavy (non-hydrogen) atoms. The van der Waals surface area contributed by atoms with Crippen molar-refractivity contribution in [1.29, 1.82) is 0 Å². The molecule has 1 N–H and O–H groups in total. The Bertz CT molecular complexity index is 518. The van der Waals surface area contributed by atoms with E-state index in [1.165, 1.54) is 6.20 Å². The summed E-state index contributed by atoms with van der Waals surface area (Å²) in [5.74, 6) is 0. The average Bonchev–Trinajstić information content (AvgIpc) is 2.06. The van der Waals surface area contributed by atoms with Crippen LogP contribution in [0.15, 0.2) is 27.6 Å². The number of rotatable bonds is 0. The SMILES string of the molecule is Cc1cc(Br)c2[nH]c(=O)cnc2c1. The molecule has 0 unspecified atom stereocenters. The Morgan fingerprint density at radius 3 is 3.00 bits per heavy atom. The summed E-state index contributed by atoms with van der Waals surface area (Å²) in [7, 11) is 0. The summed E-state index contributed by atoms with van der Waals surface area (Å²) in [6.45, 7) is 1.98. The zero-order valence-corrected chi connectivity index (χ0v) is 8.55. The molecule has 2 aromatic rings. The van der Waals surface area contributed by atoms with Crippen LogP contribution in [0.4, 0.5) is 0 Å². The van der Waals surface area contributed by atoms with Crippen molar-refractivity contribution in [2.45, 2.75) is 6.92 Å². The number of benzene rings is 1. The van der Waals surface area contributed by atoms with Gasteiger partial charge in [0.1, 0.15) is 0 Å². The second-order valence-corrected chi connectivity index (χ2v) is 3.74. The largest absolute Gasteiger partial charge is 0.318 e. The van der Waals surface area contributed by atoms with Gasteiger partial charge in [0.05, 0.1) is 17.2 Å². The number of hydrogen-bond donors (Lipinski definition) is 1. The van der Waals surface area contributed by atoms with Crippen LogP contribution in [0.3, 0.4) is 0 Å². The van der Waals surface area contributed by atoms with E-state index in [1.54, 1.807) is 0 Å². The molecule has 0 aliphatic carbocycles. The minimum Gasteiger partial charge on any atom is -0.318 e. The monoisotopic (exact) mass is 238 g/mol. The van der Waals surface area contributed by atoms with Crippen LogP contribution in [0.1, 0.15) is 5.56 Å². The van der Waals surface area contributed by atoms with Crippen molar-refractivity contribution in [2.24, 2.45) is 0 Å². The first-order chi connectivity index (χ1) is 6.16. The Morgan fingerprint density at radius 2 is 2.23 bits per heavy atom. The molecule has 1 heterocycles. The molecule has 66 valence electrons. The lowest BCUT2D eigenvalue weighted by atomic mass is 10.2. The molecule has 1 aromatic carbocycles. The van der Waals surface area contributed by atoms with Crippen LogP contribution in [0, 0.1) is 6.92 Å². The Kier molecular flexibility index (Phi) is 1.92. The Hall–Kier alpha value is -1.16. The van der Waals surface area contributed by atoms with E-state index in [-0.39, 0.29) is 5.56 Å². The van der Waals surface area contributed by atoms with Crippen LogP contribution in [-0.4, -0.2) is 9.97 Å². The highest BCUT2D eigenvalue weighted by atomic mass is 79.9. The van der Waals surface area contributed by atoms with E-state index >= 15 is 0 Å². The Morgan fingerprint density at radius 1 is 1.46 bits per heavy atom. The van der Waals surface area contributed by atoms with Crippen molar-refractivity contribution in [3.8, 4) is 0 Å². The van der Waals surface area contributed by atoms with Crippen molar-refractivity contribution in [3.05, 3.63) is 38.7 Å². The van der Waals surface area contributed by atoms with Gasteiger partial charge in [-0.2, -0.15) is 0 Å². The van der Waals surface area contributed by atoms with E-state index in [1.807, 2.05) is 19.1 Å². The van der Waals surface area contributed by atoms with Gasteiger partial charge >= 0.3 is 0 Å². The second-order valence-electron chi connectivity index (χ2n) is 2.89. The van der Waals surface area contributed by atoms with Gasteiger partial charge in [0.15, 0.2) is 0 Å². The lowest BCUT2D eigenvalue weighted by Crippen LogP contribution is -2.05. The lowest BCUT2D eigenvalue weighted by Gasteiger charge is -2.00. The minimum absolute atomic E-state index is 0.183. The second kappa shape index (κ2) is 2.96. The van der Waals surface area contributed by atoms with Crippen LogP contribution >= 0.6 is 15.9 Å². The van der Waals surface area contributed by atoms with Gasteiger partial charge in [-0.15, -0.1) is 0 Å². The summed E-state index contributed by atoms with van der Waals surface area (Å²) in [5, 5.41) is 0. The first-order valence-corrected chi connectivity index (χ1v) is 4.61. The van der Waals surface area contributed by atoms with Crippen molar-refractivity contribution in [3.63, 3.8) is 0 Å². The zero-order chi connectivity index (χ0) is 9.42. The molecule has 0 saturated heterocycles. The van der Waals surface area contributed by atoms with E-state index < -0.39 is 0 Å². The summed E-state index contributed by atoms with van der Waals surface area (Å²) in [4.78, 5) is 17.7. The lowest BCUT2D eigenvalue weighted by molar-refractivity contribution is 1.21. The van der Waals surface area contributed by atoms with E-state index in [4.69, 9.17) is 0 Å². The molecule has 0 spiro atoms. The van der Waals surface area contributed by atoms with Crippen LogP contribution < -0.4 is 5.56 Å². The van der Waals surface area contributed by atoms with Crippen LogP contribution in [0.2, 0.25) is 0 Å². The van der Waals surface area contributed by atoms with Crippen LogP contribution in [0.25, 0.3) is 11.0 Å². The number of aromatic amines is 1. The molecule has 1 aromatic heterocycles. The van der Waals surface area contributed by atoms with Crippen molar-refractivity contribution >= 4 is 27.0 Å². The normalized spacial score (nSPS) is 10.6. The molecule has 0 atom stereocenters. The van der Waals surface area contributed by atoms with Gasteiger partial charge in [0.25, 0.3) is 5.56 Å². The van der Waals surface area contributed by atoms with Crippen LogP contribution in [0.5, 0.6) is 0 Å². The third-order valence-electron chi connectivity index (χ3n) is 1.78. The number of aryl methyl sites for hydroxylation is 1. The van der Waals surface area contributed by atoms with Gasteiger partial charge in [0.2, 0.25) is 0 Å². The molecular weight excluding hydrogens is 232 g/mol. The summed E-state index contributed by atoms with van der Waals surface area (Å²) in [6, 6.07) is 3.87. The fourth-order valence-corrected chi connectivity index (χ4v) is 1.90. The van der Waals surface area contributed by atoms with Crippen LogP contribution in [-0.2, 0) is 0 Å². The molecule has 0 amide bonds. The number of nitrogens with one attached hydrogen (secondary N) is 1. The summed E-state index contributed by atoms with van der Waals surface area (Å²) in [5.41, 5.74) is 2.47. The minimum atomic E-state index is -0.183. The van der Waals surface area contributed by atoms with E-state index in [2.05, 4.69) is 25.9 Å². The maximum Gasteiger partial charge on any atom is 0.266 e. The van der Waals surface area contributed by atoms with Crippen molar-refractivity contribution in [1.82, 2.24) is 9.97 Å². The summed E-state index contributed by atoms with van der Waals surface area (Å²) in [6.07, 6.45) is 1.29. The number of aromatic nitrogens is 2. The molecule has 0 saturated carbocycles. The first kappa shape index (κ1) is 8.44. The topological polar surface area (TPSA) is 45.8 Å². The zero-order valence-electron chi connectivity index (χ0n) is 6.97. The predicted octanol–water partition coefficient (Wildman–Crippen LogP) is 1.99. The summed E-state index contributed by atoms with van der Waals surface area (Å²) >= 11 is 3.37. The molecule has 4 heteroatoms. The Labute approximate surface area is 82.9 Å². The molecular formula is C9H7BrN2O. The number of halogens is 1. The highest BCUT2D eigenvalue weighted by molar-refractivity contribution is 9.10.